The van der Waals surface area contributed by atoms with Crippen molar-refractivity contribution >= 4 is 16.3 Å². The number of rotatable bonds is 5. The molecule has 7 heteroatoms. The van der Waals surface area contributed by atoms with Crippen molar-refractivity contribution in [3.63, 3.8) is 0 Å². The lowest BCUT2D eigenvalue weighted by Gasteiger charge is -2.05. The topological polar surface area (TPSA) is 90.5 Å². The van der Waals surface area contributed by atoms with E-state index in [1.54, 1.807) is 12.4 Å². The molecule has 0 fully saturated rings. The first kappa shape index (κ1) is 17.2. The summed E-state index contributed by atoms with van der Waals surface area (Å²) in [6, 6.07) is 11.6. The van der Waals surface area contributed by atoms with Gasteiger partial charge in [0, 0.05) is 30.9 Å². The second-order valence-corrected chi connectivity index (χ2v) is 7.15. The van der Waals surface area contributed by atoms with Crippen LogP contribution >= 0.6 is 11.3 Å². The summed E-state index contributed by atoms with van der Waals surface area (Å²) in [7, 11) is 0. The summed E-state index contributed by atoms with van der Waals surface area (Å²) in [5.74, 6) is 1.40. The normalized spacial score (nSPS) is 10.9. The van der Waals surface area contributed by atoms with Gasteiger partial charge in [-0.2, -0.15) is 0 Å². The zero-order chi connectivity index (χ0) is 18.6. The van der Waals surface area contributed by atoms with Gasteiger partial charge in [-0.3, -0.25) is 0 Å². The molecule has 0 amide bonds. The van der Waals surface area contributed by atoms with Gasteiger partial charge in [-0.25, -0.2) is 24.9 Å². The molecule has 4 heterocycles. The standard InChI is InChI=1S/C20H18N6S/c1-13-3-2-4-17(24-13)20-23-8-6-16(26-20)11-15-5-7-22-19(25-15)10-14-9-18(21)27-12-14/h2-9,12H,10-11,21H2,1H3. The molecular formula is C20H18N6S. The van der Waals surface area contributed by atoms with Crippen LogP contribution in [-0.4, -0.2) is 24.9 Å². The maximum absolute atomic E-state index is 5.79. The van der Waals surface area contributed by atoms with Crippen molar-refractivity contribution in [2.75, 3.05) is 5.73 Å². The number of anilines is 1. The Morgan fingerprint density at radius 1 is 0.926 bits per heavy atom. The summed E-state index contributed by atoms with van der Waals surface area (Å²) in [5.41, 5.74) is 10.5. The van der Waals surface area contributed by atoms with Crippen LogP contribution in [0.5, 0.6) is 0 Å². The molecule has 4 aromatic heterocycles. The summed E-state index contributed by atoms with van der Waals surface area (Å²) in [5, 5.41) is 2.84. The molecule has 0 aliphatic carbocycles. The molecule has 0 unspecified atom stereocenters. The van der Waals surface area contributed by atoms with Crippen LogP contribution in [0.15, 0.2) is 54.2 Å². The van der Waals surface area contributed by atoms with Gasteiger partial charge in [0.2, 0.25) is 0 Å². The minimum absolute atomic E-state index is 0.614. The molecule has 4 rings (SSSR count). The van der Waals surface area contributed by atoms with Crippen molar-refractivity contribution in [1.29, 1.82) is 0 Å². The molecule has 0 spiro atoms. The molecule has 0 aliphatic rings. The van der Waals surface area contributed by atoms with Gasteiger partial charge in [0.25, 0.3) is 0 Å². The van der Waals surface area contributed by atoms with E-state index in [1.807, 2.05) is 48.7 Å². The van der Waals surface area contributed by atoms with Gasteiger partial charge in [0.15, 0.2) is 5.82 Å². The number of aryl methyl sites for hydroxylation is 1. The number of aromatic nitrogens is 5. The molecular weight excluding hydrogens is 356 g/mol. The van der Waals surface area contributed by atoms with Gasteiger partial charge in [-0.15, -0.1) is 11.3 Å². The predicted molar refractivity (Wildman–Crippen MR) is 106 cm³/mol. The number of nitrogen functional groups attached to an aromatic ring is 1. The van der Waals surface area contributed by atoms with E-state index in [0.29, 0.717) is 18.7 Å². The lowest BCUT2D eigenvalue weighted by molar-refractivity contribution is 0.903. The molecule has 0 aliphatic heterocycles. The van der Waals surface area contributed by atoms with Crippen LogP contribution in [0.3, 0.4) is 0 Å². The lowest BCUT2D eigenvalue weighted by Crippen LogP contribution is -2.03. The van der Waals surface area contributed by atoms with Crippen molar-refractivity contribution < 1.29 is 0 Å². The summed E-state index contributed by atoms with van der Waals surface area (Å²) >= 11 is 1.53. The Labute approximate surface area is 161 Å². The highest BCUT2D eigenvalue weighted by atomic mass is 32.1. The molecule has 0 aromatic carbocycles. The van der Waals surface area contributed by atoms with E-state index in [9.17, 15) is 0 Å². The molecule has 2 N–H and O–H groups in total. The first-order valence-electron chi connectivity index (χ1n) is 8.55. The molecule has 0 saturated carbocycles. The van der Waals surface area contributed by atoms with E-state index in [2.05, 4.69) is 24.9 Å². The molecule has 6 nitrogen and oxygen atoms in total. The van der Waals surface area contributed by atoms with E-state index < -0.39 is 0 Å². The van der Waals surface area contributed by atoms with Crippen LogP contribution in [0.1, 0.15) is 28.5 Å². The van der Waals surface area contributed by atoms with Crippen LogP contribution < -0.4 is 5.73 Å². The van der Waals surface area contributed by atoms with Crippen LogP contribution in [0.2, 0.25) is 0 Å². The Balaban J connectivity index is 1.54. The Hall–Kier alpha value is -3.19. The van der Waals surface area contributed by atoms with Crippen molar-refractivity contribution in [1.82, 2.24) is 24.9 Å². The summed E-state index contributed by atoms with van der Waals surface area (Å²) in [6.07, 6.45) is 4.84. The first-order valence-corrected chi connectivity index (χ1v) is 9.43. The molecule has 0 bridgehead atoms. The minimum atomic E-state index is 0.614. The van der Waals surface area contributed by atoms with E-state index >= 15 is 0 Å². The smallest absolute Gasteiger partial charge is 0.178 e. The largest absolute Gasteiger partial charge is 0.391 e. The summed E-state index contributed by atoms with van der Waals surface area (Å²) in [4.78, 5) is 22.5. The third-order valence-electron chi connectivity index (χ3n) is 3.99. The van der Waals surface area contributed by atoms with E-state index in [1.165, 1.54) is 11.3 Å². The quantitative estimate of drug-likeness (QED) is 0.575. The van der Waals surface area contributed by atoms with Crippen molar-refractivity contribution in [2.24, 2.45) is 0 Å². The fraction of sp³-hybridized carbons (Fsp3) is 0.150. The Morgan fingerprint density at radius 2 is 1.74 bits per heavy atom. The predicted octanol–water partition coefficient (Wildman–Crippen LogP) is 3.46. The number of hydrogen-bond donors (Lipinski definition) is 1. The zero-order valence-corrected chi connectivity index (χ0v) is 15.6. The number of nitrogens with zero attached hydrogens (tertiary/aromatic N) is 5. The second-order valence-electron chi connectivity index (χ2n) is 6.21. The Morgan fingerprint density at radius 3 is 2.52 bits per heavy atom. The average Bonchev–Trinajstić information content (AvgIpc) is 3.07. The highest BCUT2D eigenvalue weighted by molar-refractivity contribution is 7.14. The van der Waals surface area contributed by atoms with Crippen molar-refractivity contribution in [3.05, 3.63) is 82.6 Å². The Kier molecular flexibility index (Phi) is 4.84. The van der Waals surface area contributed by atoms with Crippen LogP contribution in [0, 0.1) is 6.92 Å². The van der Waals surface area contributed by atoms with Gasteiger partial charge in [0.05, 0.1) is 16.4 Å². The lowest BCUT2D eigenvalue weighted by atomic mass is 10.2. The highest BCUT2D eigenvalue weighted by Gasteiger charge is 2.08. The van der Waals surface area contributed by atoms with Crippen molar-refractivity contribution in [3.8, 4) is 11.5 Å². The molecule has 134 valence electrons. The molecule has 0 radical (unpaired) electrons. The Bertz CT molecular complexity index is 1080. The monoisotopic (exact) mass is 374 g/mol. The summed E-state index contributed by atoms with van der Waals surface area (Å²) < 4.78 is 0. The maximum Gasteiger partial charge on any atom is 0.178 e. The first-order chi connectivity index (χ1) is 13.2. The average molecular weight is 374 g/mol. The molecule has 27 heavy (non-hydrogen) atoms. The number of hydrogen-bond acceptors (Lipinski definition) is 7. The summed E-state index contributed by atoms with van der Waals surface area (Å²) in [6.45, 7) is 1.96. The van der Waals surface area contributed by atoms with E-state index in [-0.39, 0.29) is 0 Å². The SMILES string of the molecule is Cc1cccc(-c2nccc(Cc3ccnc(Cc4csc(N)c4)n3)n2)n1. The fourth-order valence-corrected chi connectivity index (χ4v) is 3.42. The van der Waals surface area contributed by atoms with Crippen LogP contribution in [-0.2, 0) is 12.8 Å². The van der Waals surface area contributed by atoms with Crippen LogP contribution in [0.25, 0.3) is 11.5 Å². The van der Waals surface area contributed by atoms with Gasteiger partial charge in [-0.05, 0) is 48.2 Å². The van der Waals surface area contributed by atoms with E-state index in [4.69, 9.17) is 5.73 Å². The second kappa shape index (κ2) is 7.59. The van der Waals surface area contributed by atoms with E-state index in [0.717, 1.165) is 39.2 Å². The number of thiophene rings is 1. The van der Waals surface area contributed by atoms with Gasteiger partial charge < -0.3 is 5.73 Å². The number of nitrogens with two attached hydrogens (primary N) is 1. The third-order valence-corrected chi connectivity index (χ3v) is 4.80. The van der Waals surface area contributed by atoms with Crippen LogP contribution in [0.4, 0.5) is 5.00 Å². The van der Waals surface area contributed by atoms with Crippen molar-refractivity contribution in [2.45, 2.75) is 19.8 Å². The third kappa shape index (κ3) is 4.32. The van der Waals surface area contributed by atoms with Gasteiger partial charge in [0.1, 0.15) is 11.5 Å². The minimum Gasteiger partial charge on any atom is -0.391 e. The molecule has 0 atom stereocenters. The molecule has 4 aromatic rings. The van der Waals surface area contributed by atoms with Gasteiger partial charge >= 0.3 is 0 Å². The molecule has 0 saturated heterocycles. The number of pyridine rings is 1. The zero-order valence-electron chi connectivity index (χ0n) is 14.8. The highest BCUT2D eigenvalue weighted by Crippen LogP contribution is 2.19. The fourth-order valence-electron chi connectivity index (χ4n) is 2.77. The maximum atomic E-state index is 5.79. The van der Waals surface area contributed by atoms with Gasteiger partial charge in [-0.1, -0.05) is 6.07 Å².